The molecule has 3 rings (SSSR count). The molecule has 2 aromatic carbocycles. The van der Waals surface area contributed by atoms with E-state index in [0.29, 0.717) is 5.92 Å². The van der Waals surface area contributed by atoms with Crippen LogP contribution in [0.3, 0.4) is 0 Å². The van der Waals surface area contributed by atoms with Crippen molar-refractivity contribution in [3.8, 4) is 0 Å². The van der Waals surface area contributed by atoms with Crippen molar-refractivity contribution in [2.24, 2.45) is 5.92 Å². The molecule has 2 aromatic rings. The van der Waals surface area contributed by atoms with Gasteiger partial charge in [0, 0.05) is 24.3 Å². The van der Waals surface area contributed by atoms with Crippen molar-refractivity contribution < 1.29 is 19.1 Å². The predicted molar refractivity (Wildman–Crippen MR) is 121 cm³/mol. The Kier molecular flexibility index (Phi) is 7.10. The standard InChI is InChI=1S/C25H30N2O4/c1-5-16(2)20-11-6-7-12-21(20)27-14-19(13-23(27)29)25(30)31-15-22(28)26-24-17(3)9-8-10-18(24)4/h6-12,16,19H,5,13-15H2,1-4H3,(H,26,28)/t16-,19+/m1/s1. The Labute approximate surface area is 183 Å². The summed E-state index contributed by atoms with van der Waals surface area (Å²) in [6, 6.07) is 13.5. The maximum Gasteiger partial charge on any atom is 0.311 e. The molecule has 0 aromatic heterocycles. The Morgan fingerprint density at radius 3 is 2.48 bits per heavy atom. The summed E-state index contributed by atoms with van der Waals surface area (Å²) in [6.45, 7) is 7.94. The van der Waals surface area contributed by atoms with Gasteiger partial charge in [0.15, 0.2) is 6.61 Å². The lowest BCUT2D eigenvalue weighted by atomic mass is 9.96. The molecule has 1 fully saturated rings. The Morgan fingerprint density at radius 1 is 1.13 bits per heavy atom. The van der Waals surface area contributed by atoms with Crippen LogP contribution in [0, 0.1) is 19.8 Å². The molecule has 1 aliphatic rings. The van der Waals surface area contributed by atoms with E-state index in [1.54, 1.807) is 4.90 Å². The van der Waals surface area contributed by atoms with E-state index >= 15 is 0 Å². The lowest BCUT2D eigenvalue weighted by Crippen LogP contribution is -2.29. The lowest BCUT2D eigenvalue weighted by molar-refractivity contribution is -0.151. The number of amides is 2. The molecule has 6 heteroatoms. The van der Waals surface area contributed by atoms with Crippen LogP contribution in [0.2, 0.25) is 0 Å². The molecule has 1 N–H and O–H groups in total. The Hall–Kier alpha value is -3.15. The van der Waals surface area contributed by atoms with Crippen LogP contribution >= 0.6 is 0 Å². The number of carbonyl (C=O) groups is 3. The van der Waals surface area contributed by atoms with Crippen molar-refractivity contribution in [3.63, 3.8) is 0 Å². The van der Waals surface area contributed by atoms with E-state index in [1.165, 1.54) is 0 Å². The highest BCUT2D eigenvalue weighted by atomic mass is 16.5. The monoisotopic (exact) mass is 422 g/mol. The van der Waals surface area contributed by atoms with Crippen LogP contribution in [0.1, 0.15) is 49.3 Å². The van der Waals surface area contributed by atoms with Gasteiger partial charge in [-0.2, -0.15) is 0 Å². The first-order valence-electron chi connectivity index (χ1n) is 10.7. The minimum absolute atomic E-state index is 0.0895. The van der Waals surface area contributed by atoms with Crippen LogP contribution < -0.4 is 10.2 Å². The fourth-order valence-electron chi connectivity index (χ4n) is 3.91. The van der Waals surface area contributed by atoms with Gasteiger partial charge in [-0.25, -0.2) is 0 Å². The third kappa shape index (κ3) is 5.13. The van der Waals surface area contributed by atoms with Crippen LogP contribution in [-0.4, -0.2) is 30.9 Å². The van der Waals surface area contributed by atoms with Crippen molar-refractivity contribution in [1.29, 1.82) is 0 Å². The van der Waals surface area contributed by atoms with E-state index < -0.39 is 17.8 Å². The van der Waals surface area contributed by atoms with E-state index in [1.807, 2.05) is 56.3 Å². The molecular formula is C25H30N2O4. The number of rotatable bonds is 7. The zero-order valence-corrected chi connectivity index (χ0v) is 18.6. The molecule has 0 saturated carbocycles. The second-order valence-corrected chi connectivity index (χ2v) is 8.20. The van der Waals surface area contributed by atoms with Crippen LogP contribution in [0.4, 0.5) is 11.4 Å². The highest BCUT2D eigenvalue weighted by Crippen LogP contribution is 2.33. The van der Waals surface area contributed by atoms with Crippen molar-refractivity contribution >= 4 is 29.2 Å². The van der Waals surface area contributed by atoms with Crippen molar-refractivity contribution in [1.82, 2.24) is 0 Å². The highest BCUT2D eigenvalue weighted by Gasteiger charge is 2.37. The quantitative estimate of drug-likeness (QED) is 0.673. The second-order valence-electron chi connectivity index (χ2n) is 8.20. The van der Waals surface area contributed by atoms with Gasteiger partial charge in [-0.1, -0.05) is 50.2 Å². The molecule has 1 aliphatic heterocycles. The zero-order chi connectivity index (χ0) is 22.5. The molecule has 164 valence electrons. The molecule has 0 aliphatic carbocycles. The summed E-state index contributed by atoms with van der Waals surface area (Å²) in [5.74, 6) is -1.28. The molecule has 2 amide bonds. The first-order chi connectivity index (χ1) is 14.8. The van der Waals surface area contributed by atoms with Gasteiger partial charge < -0.3 is 15.0 Å². The summed E-state index contributed by atoms with van der Waals surface area (Å²) in [4.78, 5) is 39.1. The molecule has 0 radical (unpaired) electrons. The van der Waals surface area contributed by atoms with Crippen LogP contribution in [0.5, 0.6) is 0 Å². The predicted octanol–water partition coefficient (Wildman–Crippen LogP) is 4.35. The molecule has 6 nitrogen and oxygen atoms in total. The normalized spacial score (nSPS) is 16.8. The number of carbonyl (C=O) groups excluding carboxylic acids is 3. The minimum Gasteiger partial charge on any atom is -0.455 e. The van der Waals surface area contributed by atoms with Crippen LogP contribution in [-0.2, 0) is 19.1 Å². The summed E-state index contributed by atoms with van der Waals surface area (Å²) in [7, 11) is 0. The van der Waals surface area contributed by atoms with Gasteiger partial charge in [0.1, 0.15) is 0 Å². The van der Waals surface area contributed by atoms with E-state index in [4.69, 9.17) is 4.74 Å². The fraction of sp³-hybridized carbons (Fsp3) is 0.400. The number of nitrogens with one attached hydrogen (secondary N) is 1. The molecule has 0 bridgehead atoms. The van der Waals surface area contributed by atoms with E-state index in [9.17, 15) is 14.4 Å². The average Bonchev–Trinajstić information content (AvgIpc) is 3.15. The van der Waals surface area contributed by atoms with E-state index in [-0.39, 0.29) is 25.5 Å². The topological polar surface area (TPSA) is 75.7 Å². The van der Waals surface area contributed by atoms with Gasteiger partial charge in [-0.05, 0) is 48.9 Å². The first kappa shape index (κ1) is 22.5. The summed E-state index contributed by atoms with van der Waals surface area (Å²) in [5.41, 5.74) is 4.56. The van der Waals surface area contributed by atoms with Gasteiger partial charge in [0.25, 0.3) is 5.91 Å². The number of aryl methyl sites for hydroxylation is 2. The molecule has 1 heterocycles. The van der Waals surface area contributed by atoms with Crippen molar-refractivity contribution in [2.75, 3.05) is 23.4 Å². The van der Waals surface area contributed by atoms with Crippen molar-refractivity contribution in [2.45, 2.75) is 46.5 Å². The maximum absolute atomic E-state index is 12.6. The number of hydrogen-bond acceptors (Lipinski definition) is 4. The average molecular weight is 423 g/mol. The Balaban J connectivity index is 1.60. The lowest BCUT2D eigenvalue weighted by Gasteiger charge is -2.23. The highest BCUT2D eigenvalue weighted by molar-refractivity contribution is 6.00. The maximum atomic E-state index is 12.6. The second kappa shape index (κ2) is 9.77. The third-order valence-corrected chi connectivity index (χ3v) is 5.92. The van der Waals surface area contributed by atoms with E-state index in [0.717, 1.165) is 34.5 Å². The van der Waals surface area contributed by atoms with Gasteiger partial charge in [-0.15, -0.1) is 0 Å². The number of benzene rings is 2. The molecule has 0 spiro atoms. The van der Waals surface area contributed by atoms with Gasteiger partial charge in [0.05, 0.1) is 5.92 Å². The summed E-state index contributed by atoms with van der Waals surface area (Å²) >= 11 is 0. The van der Waals surface area contributed by atoms with Crippen LogP contribution in [0.25, 0.3) is 0 Å². The number of hydrogen-bond donors (Lipinski definition) is 1. The van der Waals surface area contributed by atoms with Gasteiger partial charge in [0.2, 0.25) is 5.91 Å². The SMILES string of the molecule is CC[C@@H](C)c1ccccc1N1C[C@@H](C(=O)OCC(=O)Nc2c(C)cccc2C)CC1=O. The molecule has 1 saturated heterocycles. The smallest absolute Gasteiger partial charge is 0.311 e. The number of nitrogens with zero attached hydrogens (tertiary/aromatic N) is 1. The van der Waals surface area contributed by atoms with Gasteiger partial charge in [-0.3, -0.25) is 14.4 Å². The van der Waals surface area contributed by atoms with Crippen molar-refractivity contribution in [3.05, 3.63) is 59.2 Å². The van der Waals surface area contributed by atoms with Crippen LogP contribution in [0.15, 0.2) is 42.5 Å². The summed E-state index contributed by atoms with van der Waals surface area (Å²) in [6.07, 6.45) is 1.05. The number of para-hydroxylation sites is 2. The Bertz CT molecular complexity index is 965. The van der Waals surface area contributed by atoms with E-state index in [2.05, 4.69) is 19.2 Å². The fourth-order valence-corrected chi connectivity index (χ4v) is 3.91. The Morgan fingerprint density at radius 2 is 1.81 bits per heavy atom. The summed E-state index contributed by atoms with van der Waals surface area (Å²) in [5, 5.41) is 2.80. The molecular weight excluding hydrogens is 392 g/mol. The molecule has 0 unspecified atom stereocenters. The minimum atomic E-state index is -0.578. The third-order valence-electron chi connectivity index (χ3n) is 5.92. The number of esters is 1. The molecule has 31 heavy (non-hydrogen) atoms. The number of ether oxygens (including phenoxy) is 1. The first-order valence-corrected chi connectivity index (χ1v) is 10.7. The van der Waals surface area contributed by atoms with Gasteiger partial charge >= 0.3 is 5.97 Å². The number of anilines is 2. The largest absolute Gasteiger partial charge is 0.455 e. The zero-order valence-electron chi connectivity index (χ0n) is 18.6. The molecule has 2 atom stereocenters. The summed E-state index contributed by atoms with van der Waals surface area (Å²) < 4.78 is 5.24.